The zero-order chi connectivity index (χ0) is 17.0. The summed E-state index contributed by atoms with van der Waals surface area (Å²) < 4.78 is 0. The first kappa shape index (κ1) is 18.3. The van der Waals surface area contributed by atoms with Crippen molar-refractivity contribution >= 4 is 34.9 Å². The van der Waals surface area contributed by atoms with Gasteiger partial charge in [0, 0.05) is 6.54 Å². The molecular formula is C17H26N2O2S2. The van der Waals surface area contributed by atoms with Crippen LogP contribution in [0.3, 0.4) is 0 Å². The molecule has 4 nitrogen and oxygen atoms in total. The van der Waals surface area contributed by atoms with Gasteiger partial charge in [0.05, 0.1) is 5.75 Å². The van der Waals surface area contributed by atoms with Crippen molar-refractivity contribution in [2.75, 3.05) is 12.3 Å². The van der Waals surface area contributed by atoms with Crippen LogP contribution >= 0.6 is 23.1 Å². The van der Waals surface area contributed by atoms with Gasteiger partial charge in [0.2, 0.25) is 11.8 Å². The third kappa shape index (κ3) is 4.73. The van der Waals surface area contributed by atoms with Gasteiger partial charge in [0.1, 0.15) is 11.4 Å². The lowest BCUT2D eigenvalue weighted by molar-refractivity contribution is -0.139. The first-order valence-corrected chi connectivity index (χ1v) is 10.1. The van der Waals surface area contributed by atoms with E-state index in [1.807, 2.05) is 16.3 Å². The van der Waals surface area contributed by atoms with Crippen LogP contribution in [0, 0.1) is 11.8 Å². The van der Waals surface area contributed by atoms with Crippen LogP contribution in [0.1, 0.15) is 45.1 Å². The molecule has 1 saturated heterocycles. The van der Waals surface area contributed by atoms with Crippen LogP contribution in [-0.2, 0) is 9.59 Å². The SMILES string of the molecule is CC(C)CNC(=O)[C@H](CC(C)C)N1C(=O)CS[C@H]1c1ccsc1. The van der Waals surface area contributed by atoms with Crippen molar-refractivity contribution in [3.8, 4) is 0 Å². The Bertz CT molecular complexity index is 529. The molecule has 0 unspecified atom stereocenters. The summed E-state index contributed by atoms with van der Waals surface area (Å²) in [7, 11) is 0. The molecule has 0 spiro atoms. The normalized spacial score (nSPS) is 19.7. The summed E-state index contributed by atoms with van der Waals surface area (Å²) in [5, 5.41) is 7.06. The van der Waals surface area contributed by atoms with E-state index in [-0.39, 0.29) is 23.2 Å². The molecule has 0 aliphatic carbocycles. The van der Waals surface area contributed by atoms with Crippen molar-refractivity contribution < 1.29 is 9.59 Å². The number of carbonyl (C=O) groups excluding carboxylic acids is 2. The molecule has 2 amide bonds. The van der Waals surface area contributed by atoms with Gasteiger partial charge in [-0.2, -0.15) is 11.3 Å². The van der Waals surface area contributed by atoms with Gasteiger partial charge in [-0.15, -0.1) is 11.8 Å². The predicted octanol–water partition coefficient (Wildman–Crippen LogP) is 3.51. The number of thiophene rings is 1. The molecular weight excluding hydrogens is 328 g/mol. The lowest BCUT2D eigenvalue weighted by Crippen LogP contribution is -2.49. The van der Waals surface area contributed by atoms with Gasteiger partial charge in [-0.1, -0.05) is 27.7 Å². The van der Waals surface area contributed by atoms with Gasteiger partial charge in [-0.05, 0) is 40.6 Å². The van der Waals surface area contributed by atoms with Crippen molar-refractivity contribution in [1.29, 1.82) is 0 Å². The summed E-state index contributed by atoms with van der Waals surface area (Å²) in [6, 6.07) is 1.66. The minimum Gasteiger partial charge on any atom is -0.354 e. The highest BCUT2D eigenvalue weighted by molar-refractivity contribution is 8.00. The quantitative estimate of drug-likeness (QED) is 0.815. The van der Waals surface area contributed by atoms with Gasteiger partial charge in [-0.3, -0.25) is 9.59 Å². The van der Waals surface area contributed by atoms with E-state index in [1.54, 1.807) is 23.1 Å². The van der Waals surface area contributed by atoms with Gasteiger partial charge in [0.15, 0.2) is 0 Å². The Balaban J connectivity index is 2.21. The first-order chi connectivity index (χ1) is 10.9. The van der Waals surface area contributed by atoms with Crippen molar-refractivity contribution in [2.24, 2.45) is 11.8 Å². The second-order valence-electron chi connectivity index (χ2n) is 6.81. The molecule has 0 radical (unpaired) electrons. The maximum Gasteiger partial charge on any atom is 0.242 e. The van der Waals surface area contributed by atoms with Gasteiger partial charge in [0.25, 0.3) is 0 Å². The first-order valence-electron chi connectivity index (χ1n) is 8.12. The summed E-state index contributed by atoms with van der Waals surface area (Å²) in [5.74, 6) is 1.24. The zero-order valence-corrected chi connectivity index (χ0v) is 15.9. The summed E-state index contributed by atoms with van der Waals surface area (Å²) in [5.41, 5.74) is 1.12. The van der Waals surface area contributed by atoms with E-state index in [2.05, 4.69) is 38.4 Å². The van der Waals surface area contributed by atoms with Crippen LogP contribution < -0.4 is 5.32 Å². The molecule has 1 aromatic rings. The van der Waals surface area contributed by atoms with Crippen LogP contribution in [-0.4, -0.2) is 35.1 Å². The molecule has 2 rings (SSSR count). The predicted molar refractivity (Wildman–Crippen MR) is 97.5 cm³/mol. The van der Waals surface area contributed by atoms with Crippen molar-refractivity contribution in [2.45, 2.75) is 45.5 Å². The molecule has 23 heavy (non-hydrogen) atoms. The minimum absolute atomic E-state index is 0.0246. The lowest BCUT2D eigenvalue weighted by atomic mass is 10.0. The largest absolute Gasteiger partial charge is 0.354 e. The Morgan fingerprint density at radius 3 is 2.65 bits per heavy atom. The maximum absolute atomic E-state index is 12.7. The van der Waals surface area contributed by atoms with E-state index in [9.17, 15) is 9.59 Å². The Kier molecular flexibility index (Phi) is 6.53. The highest BCUT2D eigenvalue weighted by Gasteiger charge is 2.41. The molecule has 6 heteroatoms. The van der Waals surface area contributed by atoms with E-state index < -0.39 is 0 Å². The standard InChI is InChI=1S/C17H26N2O2S2/c1-11(2)7-14(16(21)18-8-12(3)4)19-15(20)10-23-17(19)13-5-6-22-9-13/h5-6,9,11-12,14,17H,7-8,10H2,1-4H3,(H,18,21)/t14-,17-/m0/s1. The van der Waals surface area contributed by atoms with E-state index in [0.717, 1.165) is 5.56 Å². The monoisotopic (exact) mass is 354 g/mol. The van der Waals surface area contributed by atoms with Crippen LogP contribution in [0.2, 0.25) is 0 Å². The summed E-state index contributed by atoms with van der Waals surface area (Å²) in [4.78, 5) is 27.0. The van der Waals surface area contributed by atoms with E-state index in [0.29, 0.717) is 30.6 Å². The van der Waals surface area contributed by atoms with Gasteiger partial charge < -0.3 is 10.2 Å². The number of nitrogens with one attached hydrogen (secondary N) is 1. The van der Waals surface area contributed by atoms with E-state index in [4.69, 9.17) is 0 Å². The second-order valence-corrected chi connectivity index (χ2v) is 8.65. The molecule has 1 aromatic heterocycles. The fourth-order valence-corrected chi connectivity index (χ4v) is 4.64. The number of carbonyl (C=O) groups is 2. The second kappa shape index (κ2) is 8.20. The average Bonchev–Trinajstić information content (AvgIpc) is 3.11. The molecule has 2 heterocycles. The fourth-order valence-electron chi connectivity index (χ4n) is 2.66. The molecule has 2 atom stereocenters. The summed E-state index contributed by atoms with van der Waals surface area (Å²) in [6.07, 6.45) is 0.691. The zero-order valence-electron chi connectivity index (χ0n) is 14.2. The van der Waals surface area contributed by atoms with Crippen LogP contribution in [0.5, 0.6) is 0 Å². The Morgan fingerprint density at radius 2 is 2.09 bits per heavy atom. The smallest absolute Gasteiger partial charge is 0.242 e. The molecule has 1 aliphatic heterocycles. The van der Waals surface area contributed by atoms with E-state index >= 15 is 0 Å². The summed E-state index contributed by atoms with van der Waals surface area (Å²) >= 11 is 3.24. The topological polar surface area (TPSA) is 49.4 Å². The van der Waals surface area contributed by atoms with E-state index in [1.165, 1.54) is 0 Å². The fraction of sp³-hybridized carbons (Fsp3) is 0.647. The number of thioether (sulfide) groups is 1. The summed E-state index contributed by atoms with van der Waals surface area (Å²) in [6.45, 7) is 8.98. The molecule has 0 bridgehead atoms. The minimum atomic E-state index is -0.388. The Morgan fingerprint density at radius 1 is 1.35 bits per heavy atom. The number of hydrogen-bond donors (Lipinski definition) is 1. The van der Waals surface area contributed by atoms with Crippen LogP contribution in [0.15, 0.2) is 16.8 Å². The number of hydrogen-bond acceptors (Lipinski definition) is 4. The molecule has 0 saturated carbocycles. The van der Waals surface area contributed by atoms with Gasteiger partial charge in [-0.25, -0.2) is 0 Å². The van der Waals surface area contributed by atoms with Crippen LogP contribution in [0.25, 0.3) is 0 Å². The number of nitrogens with zero attached hydrogens (tertiary/aromatic N) is 1. The third-order valence-electron chi connectivity index (χ3n) is 3.75. The van der Waals surface area contributed by atoms with Gasteiger partial charge >= 0.3 is 0 Å². The highest BCUT2D eigenvalue weighted by atomic mass is 32.2. The Labute approximate surface area is 147 Å². The molecule has 1 N–H and O–H groups in total. The lowest BCUT2D eigenvalue weighted by Gasteiger charge is -2.32. The van der Waals surface area contributed by atoms with Crippen molar-refractivity contribution in [3.63, 3.8) is 0 Å². The van der Waals surface area contributed by atoms with Crippen molar-refractivity contribution in [3.05, 3.63) is 22.4 Å². The van der Waals surface area contributed by atoms with Crippen LogP contribution in [0.4, 0.5) is 0 Å². The van der Waals surface area contributed by atoms with Crippen molar-refractivity contribution in [1.82, 2.24) is 10.2 Å². The number of rotatable bonds is 7. The molecule has 0 aromatic carbocycles. The third-order valence-corrected chi connectivity index (χ3v) is 5.68. The maximum atomic E-state index is 12.7. The highest BCUT2D eigenvalue weighted by Crippen LogP contribution is 2.41. The Hall–Kier alpha value is -1.01. The molecule has 1 fully saturated rings. The average molecular weight is 355 g/mol. The molecule has 128 valence electrons. The number of amides is 2. The molecule has 1 aliphatic rings.